The van der Waals surface area contributed by atoms with E-state index >= 15 is 0 Å². The van der Waals surface area contributed by atoms with Gasteiger partial charge in [-0.25, -0.2) is 22.4 Å². The summed E-state index contributed by atoms with van der Waals surface area (Å²) in [5.41, 5.74) is 1.63. The van der Waals surface area contributed by atoms with Gasteiger partial charge >= 0.3 is 0 Å². The van der Waals surface area contributed by atoms with Crippen LogP contribution in [-0.4, -0.2) is 53.7 Å². The minimum absolute atomic E-state index is 0.0693. The molecule has 2 aromatic heterocycles. The van der Waals surface area contributed by atoms with Gasteiger partial charge in [-0.05, 0) is 31.0 Å². The molecule has 2 aliphatic rings. The lowest BCUT2D eigenvalue weighted by Crippen LogP contribution is -2.29. The number of hydrogen-bond acceptors (Lipinski definition) is 8. The summed E-state index contributed by atoms with van der Waals surface area (Å²) in [5, 5.41) is 3.04. The highest BCUT2D eigenvalue weighted by Gasteiger charge is 2.49. The van der Waals surface area contributed by atoms with E-state index in [0.29, 0.717) is 31.0 Å². The number of aryl methyl sites for hydroxylation is 1. The van der Waals surface area contributed by atoms with Crippen LogP contribution in [0.4, 0.5) is 5.82 Å². The number of aromatic nitrogens is 3. The average molecular weight is 471 g/mol. The Kier molecular flexibility index (Phi) is 5.46. The number of nitrogens with one attached hydrogen (secondary N) is 1. The van der Waals surface area contributed by atoms with Gasteiger partial charge in [-0.1, -0.05) is 24.6 Å². The van der Waals surface area contributed by atoms with E-state index < -0.39 is 15.8 Å². The Morgan fingerprint density at radius 1 is 1.18 bits per heavy atom. The van der Waals surface area contributed by atoms with Gasteiger partial charge in [0.05, 0.1) is 30.9 Å². The van der Waals surface area contributed by atoms with E-state index in [4.69, 9.17) is 9.47 Å². The minimum Gasteiger partial charge on any atom is -0.362 e. The lowest BCUT2D eigenvalue weighted by molar-refractivity contribution is -0.155. The monoisotopic (exact) mass is 470 g/mol. The van der Waals surface area contributed by atoms with Gasteiger partial charge in [0.15, 0.2) is 17.2 Å². The first-order valence-electron chi connectivity index (χ1n) is 11.0. The first kappa shape index (κ1) is 22.0. The highest BCUT2D eigenvalue weighted by molar-refractivity contribution is 7.90. The first-order chi connectivity index (χ1) is 15.8. The molecule has 1 aliphatic carbocycles. The van der Waals surface area contributed by atoms with E-state index in [2.05, 4.69) is 15.3 Å². The van der Waals surface area contributed by atoms with Gasteiger partial charge in [-0.15, -0.1) is 0 Å². The number of Topliss-reactive ketones (excluding diaryl/α,β-unsaturated/α-hetero) is 1. The van der Waals surface area contributed by atoms with Gasteiger partial charge in [-0.3, -0.25) is 4.79 Å². The highest BCUT2D eigenvalue weighted by Crippen LogP contribution is 2.44. The molecule has 0 unspecified atom stereocenters. The van der Waals surface area contributed by atoms with E-state index in [-0.39, 0.29) is 34.7 Å². The van der Waals surface area contributed by atoms with Crippen molar-refractivity contribution < 1.29 is 22.7 Å². The number of hydrogen-bond donors (Lipinski definition) is 1. The molecule has 3 aromatic rings. The van der Waals surface area contributed by atoms with Crippen molar-refractivity contribution in [3.63, 3.8) is 0 Å². The zero-order chi connectivity index (χ0) is 23.2. The van der Waals surface area contributed by atoms with E-state index in [1.54, 1.807) is 30.3 Å². The third-order valence-corrected chi connectivity index (χ3v) is 8.14. The van der Waals surface area contributed by atoms with Gasteiger partial charge in [0.2, 0.25) is 0 Å². The molecular formula is C23H26N4O5S. The molecule has 0 radical (unpaired) electrons. The van der Waals surface area contributed by atoms with Crippen LogP contribution in [0.3, 0.4) is 0 Å². The molecule has 2 atom stereocenters. The van der Waals surface area contributed by atoms with Crippen molar-refractivity contribution in [2.24, 2.45) is 11.8 Å². The third kappa shape index (κ3) is 4.03. The molecule has 9 nitrogen and oxygen atoms in total. The number of nitrogens with zero attached hydrogens (tertiary/aromatic N) is 3. The summed E-state index contributed by atoms with van der Waals surface area (Å²) < 4.78 is 38.7. The van der Waals surface area contributed by atoms with Crippen molar-refractivity contribution in [1.82, 2.24) is 13.9 Å². The molecule has 2 fully saturated rings. The summed E-state index contributed by atoms with van der Waals surface area (Å²) >= 11 is 0. The molecule has 1 aliphatic heterocycles. The SMILES string of the molecule is Cc1ccc(S(=O)(=O)n2ccc3nc(NCC(=O)[C@H]4CC5(C[C@@H]4C)OCCO5)cnc32)cc1. The van der Waals surface area contributed by atoms with Gasteiger partial charge in [0.25, 0.3) is 10.0 Å². The van der Waals surface area contributed by atoms with Crippen LogP contribution in [0.2, 0.25) is 0 Å². The standard InChI is InChI=1S/C23H26N4O5S/c1-15-3-5-17(6-4-15)33(29,30)27-8-7-19-22(27)25-14-21(26-19)24-13-20(28)18-12-23(11-16(18)2)31-9-10-32-23/h3-8,14,16,18H,9-13H2,1-2H3,(H,24,26)/t16-,18-/m0/s1. The molecule has 33 heavy (non-hydrogen) atoms. The molecule has 1 aromatic carbocycles. The molecule has 174 valence electrons. The number of ketones is 1. The van der Waals surface area contributed by atoms with Crippen LogP contribution in [0.25, 0.3) is 11.2 Å². The second-order valence-electron chi connectivity index (χ2n) is 8.81. The molecule has 3 heterocycles. The lowest BCUT2D eigenvalue weighted by Gasteiger charge is -2.21. The molecule has 5 rings (SSSR count). The summed E-state index contributed by atoms with van der Waals surface area (Å²) in [5.74, 6) is -0.0976. The maximum atomic E-state index is 13.0. The quantitative estimate of drug-likeness (QED) is 0.585. The van der Waals surface area contributed by atoms with Crippen molar-refractivity contribution >= 4 is 32.8 Å². The molecule has 10 heteroatoms. The molecule has 1 saturated carbocycles. The van der Waals surface area contributed by atoms with Crippen LogP contribution >= 0.6 is 0 Å². The maximum Gasteiger partial charge on any atom is 0.269 e. The van der Waals surface area contributed by atoms with E-state index in [1.807, 2.05) is 13.8 Å². The fourth-order valence-electron chi connectivity index (χ4n) is 4.72. The zero-order valence-corrected chi connectivity index (χ0v) is 19.3. The predicted octanol–water partition coefficient (Wildman–Crippen LogP) is 2.75. The number of rotatable bonds is 6. The third-order valence-electron chi connectivity index (χ3n) is 6.46. The number of carbonyl (C=O) groups is 1. The Morgan fingerprint density at radius 2 is 1.91 bits per heavy atom. The molecule has 0 bridgehead atoms. The van der Waals surface area contributed by atoms with Crippen LogP contribution < -0.4 is 5.32 Å². The smallest absolute Gasteiger partial charge is 0.269 e. The number of anilines is 1. The van der Waals surface area contributed by atoms with Gasteiger partial charge in [-0.2, -0.15) is 0 Å². The minimum atomic E-state index is -3.79. The average Bonchev–Trinajstić information content (AvgIpc) is 3.51. The number of ether oxygens (including phenoxy) is 2. The van der Waals surface area contributed by atoms with E-state index in [1.165, 1.54) is 12.4 Å². The van der Waals surface area contributed by atoms with Crippen LogP contribution in [0.15, 0.2) is 47.6 Å². The Balaban J connectivity index is 1.30. The van der Waals surface area contributed by atoms with Crippen molar-refractivity contribution in [3.05, 3.63) is 48.3 Å². The van der Waals surface area contributed by atoms with Crippen LogP contribution in [0, 0.1) is 18.8 Å². The van der Waals surface area contributed by atoms with Gasteiger partial charge < -0.3 is 14.8 Å². The van der Waals surface area contributed by atoms with Crippen molar-refractivity contribution in [2.45, 2.75) is 37.4 Å². The van der Waals surface area contributed by atoms with Crippen LogP contribution in [-0.2, 0) is 24.3 Å². The predicted molar refractivity (Wildman–Crippen MR) is 121 cm³/mol. The molecule has 1 N–H and O–H groups in total. The topological polar surface area (TPSA) is 112 Å². The van der Waals surface area contributed by atoms with Gasteiger partial charge in [0, 0.05) is 25.0 Å². The second kappa shape index (κ2) is 8.19. The largest absolute Gasteiger partial charge is 0.362 e. The van der Waals surface area contributed by atoms with Gasteiger partial charge in [0.1, 0.15) is 11.3 Å². The fourth-order valence-corrected chi connectivity index (χ4v) is 6.01. The Hall–Kier alpha value is -2.82. The normalized spacial score (nSPS) is 22.2. The number of fused-ring (bicyclic) bond motifs is 1. The summed E-state index contributed by atoms with van der Waals surface area (Å²) in [6, 6.07) is 8.24. The Morgan fingerprint density at radius 3 is 2.64 bits per heavy atom. The summed E-state index contributed by atoms with van der Waals surface area (Å²) in [6.45, 7) is 5.19. The van der Waals surface area contributed by atoms with Crippen molar-refractivity contribution in [2.75, 3.05) is 25.1 Å². The fraction of sp³-hybridized carbons (Fsp3) is 0.435. The van der Waals surface area contributed by atoms with E-state index in [0.717, 1.165) is 16.0 Å². The molecule has 1 saturated heterocycles. The summed E-state index contributed by atoms with van der Waals surface area (Å²) in [6.07, 6.45) is 4.17. The Bertz CT molecular complexity index is 1300. The lowest BCUT2D eigenvalue weighted by atomic mass is 9.93. The molecular weight excluding hydrogens is 444 g/mol. The zero-order valence-electron chi connectivity index (χ0n) is 18.5. The first-order valence-corrected chi connectivity index (χ1v) is 12.4. The molecule has 1 spiro atoms. The van der Waals surface area contributed by atoms with Crippen LogP contribution in [0.5, 0.6) is 0 Å². The second-order valence-corrected chi connectivity index (χ2v) is 10.6. The summed E-state index contributed by atoms with van der Waals surface area (Å²) in [4.78, 5) is 21.8. The number of carbonyl (C=O) groups excluding carboxylic acids is 1. The summed E-state index contributed by atoms with van der Waals surface area (Å²) in [7, 11) is -3.79. The highest BCUT2D eigenvalue weighted by atomic mass is 32.2. The van der Waals surface area contributed by atoms with Crippen LogP contribution in [0.1, 0.15) is 25.3 Å². The molecule has 0 amide bonds. The van der Waals surface area contributed by atoms with Crippen molar-refractivity contribution in [3.8, 4) is 0 Å². The number of benzene rings is 1. The Labute approximate surface area is 192 Å². The maximum absolute atomic E-state index is 13.0. The van der Waals surface area contributed by atoms with Crippen molar-refractivity contribution in [1.29, 1.82) is 0 Å². The van der Waals surface area contributed by atoms with E-state index in [9.17, 15) is 13.2 Å².